The first-order chi connectivity index (χ1) is 5.70. The summed E-state index contributed by atoms with van der Waals surface area (Å²) in [5, 5.41) is 10.5. The Bertz CT molecular complexity index is 433. The summed E-state index contributed by atoms with van der Waals surface area (Å²) in [4.78, 5) is 3.11. The highest BCUT2D eigenvalue weighted by atomic mass is 79.9. The molecule has 2 rings (SSSR count). The van der Waals surface area contributed by atoms with Crippen LogP contribution in [-0.4, -0.2) is 10.1 Å². The molecule has 0 aliphatic heterocycles. The third-order valence-electron chi connectivity index (χ3n) is 1.96. The van der Waals surface area contributed by atoms with Crippen LogP contribution in [0.1, 0.15) is 5.56 Å². The van der Waals surface area contributed by atoms with E-state index in [0.717, 1.165) is 20.9 Å². The Labute approximate surface area is 78.3 Å². The molecule has 2 aromatic rings. The summed E-state index contributed by atoms with van der Waals surface area (Å²) in [6.07, 6.45) is 1.86. The number of benzene rings is 1. The van der Waals surface area contributed by atoms with Gasteiger partial charge in [-0.25, -0.2) is 0 Å². The number of halogens is 1. The molecule has 0 unspecified atom stereocenters. The van der Waals surface area contributed by atoms with E-state index in [9.17, 15) is 5.11 Å². The number of rotatable bonds is 0. The maximum Gasteiger partial charge on any atom is 0.130 e. The summed E-state index contributed by atoms with van der Waals surface area (Å²) in [6, 6.07) is 3.68. The van der Waals surface area contributed by atoms with Crippen molar-refractivity contribution in [3.8, 4) is 5.75 Å². The predicted molar refractivity (Wildman–Crippen MR) is 52.4 cm³/mol. The van der Waals surface area contributed by atoms with Crippen molar-refractivity contribution in [3.05, 3.63) is 28.4 Å². The number of phenolic OH excluding ortho intramolecular Hbond substituents is 1. The minimum absolute atomic E-state index is 0.291. The molecule has 0 fully saturated rings. The fourth-order valence-corrected chi connectivity index (χ4v) is 1.80. The first-order valence-electron chi connectivity index (χ1n) is 3.65. The number of phenols is 1. The minimum atomic E-state index is 0.291. The van der Waals surface area contributed by atoms with E-state index in [1.807, 2.05) is 19.2 Å². The van der Waals surface area contributed by atoms with Crippen molar-refractivity contribution in [1.82, 2.24) is 4.98 Å². The van der Waals surface area contributed by atoms with Gasteiger partial charge in [0.2, 0.25) is 0 Å². The molecule has 12 heavy (non-hydrogen) atoms. The van der Waals surface area contributed by atoms with Crippen molar-refractivity contribution >= 4 is 26.8 Å². The molecule has 1 aromatic heterocycles. The van der Waals surface area contributed by atoms with Crippen LogP contribution >= 0.6 is 15.9 Å². The topological polar surface area (TPSA) is 36.0 Å². The van der Waals surface area contributed by atoms with Gasteiger partial charge in [0.1, 0.15) is 5.75 Å². The summed E-state index contributed by atoms with van der Waals surface area (Å²) < 4.78 is 0.754. The summed E-state index contributed by atoms with van der Waals surface area (Å²) in [5.41, 5.74) is 2.12. The molecule has 62 valence electrons. The smallest absolute Gasteiger partial charge is 0.130 e. The number of aromatic amines is 1. The van der Waals surface area contributed by atoms with Crippen LogP contribution in [0.25, 0.3) is 10.9 Å². The second-order valence-electron chi connectivity index (χ2n) is 2.79. The molecular weight excluding hydrogens is 218 g/mol. The van der Waals surface area contributed by atoms with E-state index < -0.39 is 0 Å². The molecule has 0 amide bonds. The van der Waals surface area contributed by atoms with Crippen LogP contribution < -0.4 is 0 Å². The number of hydrogen-bond donors (Lipinski definition) is 2. The van der Waals surface area contributed by atoms with Gasteiger partial charge in [-0.05, 0) is 40.5 Å². The van der Waals surface area contributed by atoms with Gasteiger partial charge in [-0.3, -0.25) is 0 Å². The largest absolute Gasteiger partial charge is 0.507 e. The van der Waals surface area contributed by atoms with E-state index in [0.29, 0.717) is 5.75 Å². The standard InChI is InChI=1S/C9H8BrNO/c1-5-4-7(12)8(10)6-2-3-11-9(5)6/h2-4,11-12H,1H3. The van der Waals surface area contributed by atoms with Crippen molar-refractivity contribution in [3.63, 3.8) is 0 Å². The fraction of sp³-hybridized carbons (Fsp3) is 0.111. The molecule has 0 aliphatic rings. The predicted octanol–water partition coefficient (Wildman–Crippen LogP) is 2.94. The average molecular weight is 226 g/mol. The lowest BCUT2D eigenvalue weighted by molar-refractivity contribution is 0.472. The molecule has 0 radical (unpaired) electrons. The molecule has 0 saturated heterocycles. The average Bonchev–Trinajstić information content (AvgIpc) is 2.48. The zero-order valence-electron chi connectivity index (χ0n) is 6.56. The molecule has 1 aromatic carbocycles. The van der Waals surface area contributed by atoms with Gasteiger partial charge in [0.15, 0.2) is 0 Å². The van der Waals surface area contributed by atoms with E-state index in [2.05, 4.69) is 20.9 Å². The van der Waals surface area contributed by atoms with Gasteiger partial charge in [0, 0.05) is 17.1 Å². The molecule has 0 saturated carbocycles. The Morgan fingerprint density at radius 2 is 2.25 bits per heavy atom. The van der Waals surface area contributed by atoms with Crippen LogP contribution in [0.2, 0.25) is 0 Å². The zero-order valence-corrected chi connectivity index (χ0v) is 8.14. The van der Waals surface area contributed by atoms with E-state index in [1.54, 1.807) is 6.07 Å². The molecule has 1 heterocycles. The Morgan fingerprint density at radius 1 is 1.50 bits per heavy atom. The lowest BCUT2D eigenvalue weighted by atomic mass is 10.1. The molecule has 0 aliphatic carbocycles. The van der Waals surface area contributed by atoms with Gasteiger partial charge in [0.25, 0.3) is 0 Å². The number of nitrogens with one attached hydrogen (secondary N) is 1. The quantitative estimate of drug-likeness (QED) is 0.711. The van der Waals surface area contributed by atoms with Crippen LogP contribution in [0.15, 0.2) is 22.8 Å². The van der Waals surface area contributed by atoms with Gasteiger partial charge in [0.05, 0.1) is 4.47 Å². The number of aromatic hydroxyl groups is 1. The number of H-pyrrole nitrogens is 1. The highest BCUT2D eigenvalue weighted by Crippen LogP contribution is 2.33. The summed E-state index contributed by atoms with van der Waals surface area (Å²) >= 11 is 3.32. The lowest BCUT2D eigenvalue weighted by Gasteiger charge is -2.01. The first-order valence-corrected chi connectivity index (χ1v) is 4.44. The van der Waals surface area contributed by atoms with Crippen LogP contribution in [-0.2, 0) is 0 Å². The van der Waals surface area contributed by atoms with E-state index in [-0.39, 0.29) is 0 Å². The third kappa shape index (κ3) is 0.932. The van der Waals surface area contributed by atoms with Gasteiger partial charge < -0.3 is 10.1 Å². The SMILES string of the molecule is Cc1cc(O)c(Br)c2cc[nH]c12. The maximum absolute atomic E-state index is 9.46. The van der Waals surface area contributed by atoms with Gasteiger partial charge >= 0.3 is 0 Å². The van der Waals surface area contributed by atoms with Gasteiger partial charge in [-0.1, -0.05) is 0 Å². The summed E-state index contributed by atoms with van der Waals surface area (Å²) in [7, 11) is 0. The normalized spacial score (nSPS) is 10.8. The molecular formula is C9H8BrNO. The Morgan fingerprint density at radius 3 is 3.00 bits per heavy atom. The Balaban J connectivity index is 2.97. The highest BCUT2D eigenvalue weighted by molar-refractivity contribution is 9.10. The first kappa shape index (κ1) is 7.68. The third-order valence-corrected chi connectivity index (χ3v) is 2.79. The second kappa shape index (κ2) is 2.52. The van der Waals surface area contributed by atoms with E-state index in [4.69, 9.17) is 0 Å². The van der Waals surface area contributed by atoms with Gasteiger partial charge in [-0.15, -0.1) is 0 Å². The number of aryl methyl sites for hydroxylation is 1. The van der Waals surface area contributed by atoms with Crippen LogP contribution in [0, 0.1) is 6.92 Å². The van der Waals surface area contributed by atoms with Gasteiger partial charge in [-0.2, -0.15) is 0 Å². The Hall–Kier alpha value is -0.960. The fourth-order valence-electron chi connectivity index (χ4n) is 1.36. The van der Waals surface area contributed by atoms with Crippen molar-refractivity contribution in [2.45, 2.75) is 6.92 Å². The molecule has 0 bridgehead atoms. The second-order valence-corrected chi connectivity index (χ2v) is 3.59. The van der Waals surface area contributed by atoms with Crippen molar-refractivity contribution in [1.29, 1.82) is 0 Å². The number of aromatic nitrogens is 1. The van der Waals surface area contributed by atoms with Crippen LogP contribution in [0.5, 0.6) is 5.75 Å². The molecule has 2 N–H and O–H groups in total. The van der Waals surface area contributed by atoms with E-state index in [1.165, 1.54) is 0 Å². The lowest BCUT2D eigenvalue weighted by Crippen LogP contribution is -1.78. The molecule has 3 heteroatoms. The highest BCUT2D eigenvalue weighted by Gasteiger charge is 2.06. The zero-order chi connectivity index (χ0) is 8.72. The van der Waals surface area contributed by atoms with E-state index >= 15 is 0 Å². The van der Waals surface area contributed by atoms with Crippen molar-refractivity contribution in [2.75, 3.05) is 0 Å². The molecule has 2 nitrogen and oxygen atoms in total. The number of fused-ring (bicyclic) bond motifs is 1. The van der Waals surface area contributed by atoms with Crippen LogP contribution in [0.3, 0.4) is 0 Å². The molecule has 0 spiro atoms. The van der Waals surface area contributed by atoms with Crippen molar-refractivity contribution in [2.24, 2.45) is 0 Å². The van der Waals surface area contributed by atoms with Crippen LogP contribution in [0.4, 0.5) is 0 Å². The maximum atomic E-state index is 9.46. The Kier molecular flexibility index (Phi) is 1.61. The monoisotopic (exact) mass is 225 g/mol. The summed E-state index contributed by atoms with van der Waals surface area (Å²) in [5.74, 6) is 0.291. The summed E-state index contributed by atoms with van der Waals surface area (Å²) in [6.45, 7) is 1.96. The minimum Gasteiger partial charge on any atom is -0.507 e. The molecule has 0 atom stereocenters. The van der Waals surface area contributed by atoms with Crippen molar-refractivity contribution < 1.29 is 5.11 Å². The number of hydrogen-bond acceptors (Lipinski definition) is 1.